The van der Waals surface area contributed by atoms with Gasteiger partial charge in [0.25, 0.3) is 5.91 Å². The summed E-state index contributed by atoms with van der Waals surface area (Å²) in [5, 5.41) is 3.45. The minimum atomic E-state index is -0.201. The average molecular weight is 311 g/mol. The summed E-state index contributed by atoms with van der Waals surface area (Å²) in [6, 6.07) is 19.6. The summed E-state index contributed by atoms with van der Waals surface area (Å²) in [6.45, 7) is 0. The lowest BCUT2D eigenvalue weighted by molar-refractivity contribution is 0.102. The summed E-state index contributed by atoms with van der Waals surface area (Å²) in [4.78, 5) is 15.1. The smallest absolute Gasteiger partial charge is 0.272 e. The molecule has 0 atom stereocenters. The molecule has 0 unspecified atom stereocenters. The molecule has 0 aliphatic rings. The van der Waals surface area contributed by atoms with Crippen LogP contribution in [0.25, 0.3) is 0 Å². The molecule has 4 heteroatoms. The highest BCUT2D eigenvalue weighted by Crippen LogP contribution is 2.20. The fourth-order valence-electron chi connectivity index (χ4n) is 2.30. The van der Waals surface area contributed by atoms with Crippen LogP contribution in [-0.4, -0.2) is 10.9 Å². The molecule has 0 fully saturated rings. The third-order valence-corrected chi connectivity index (χ3v) is 3.61. The third kappa shape index (κ3) is 3.38. The van der Waals surface area contributed by atoms with E-state index in [1.807, 2.05) is 42.5 Å². The molecule has 1 amide bonds. The lowest BCUT2D eigenvalue weighted by Gasteiger charge is -2.10. The molecule has 0 radical (unpaired) electrons. The topological polar surface area (TPSA) is 44.9 Å². The van der Waals surface area contributed by atoms with Crippen LogP contribution in [0, 0.1) is 0 Å². The van der Waals surface area contributed by atoms with Gasteiger partial charge in [0.2, 0.25) is 0 Å². The van der Waals surface area contributed by atoms with E-state index in [1.165, 1.54) is 5.56 Å². The van der Waals surface area contributed by atoms with E-state index in [2.05, 4.69) is 22.4 Å². The van der Waals surface area contributed by atoms with Gasteiger partial charge in [-0.25, -0.2) is 0 Å². The van der Waals surface area contributed by atoms with Gasteiger partial charge in [0.15, 0.2) is 0 Å². The Kier molecular flexibility index (Phi) is 4.26. The molecule has 0 spiro atoms. The van der Waals surface area contributed by atoms with Gasteiger partial charge >= 0.3 is 0 Å². The maximum absolute atomic E-state index is 12.2. The standard InChI is InChI=1S/C18H15ClN2O/c19-15-11-17(20-12-15)18(22)21-16-9-5-4-8-14(16)10-13-6-2-1-3-7-13/h1-9,11-12,20H,10H2,(H,21,22). The van der Waals surface area contributed by atoms with Crippen LogP contribution < -0.4 is 5.32 Å². The second-order valence-electron chi connectivity index (χ2n) is 5.01. The van der Waals surface area contributed by atoms with E-state index in [0.29, 0.717) is 10.7 Å². The van der Waals surface area contributed by atoms with Crippen molar-refractivity contribution in [3.63, 3.8) is 0 Å². The molecule has 110 valence electrons. The SMILES string of the molecule is O=C(Nc1ccccc1Cc1ccccc1)c1cc(Cl)c[nH]1. The van der Waals surface area contributed by atoms with Gasteiger partial charge in [0.05, 0.1) is 5.02 Å². The zero-order valence-electron chi connectivity index (χ0n) is 11.8. The van der Waals surface area contributed by atoms with Crippen LogP contribution >= 0.6 is 11.6 Å². The molecular weight excluding hydrogens is 296 g/mol. The molecule has 3 rings (SSSR count). The van der Waals surface area contributed by atoms with E-state index in [-0.39, 0.29) is 5.91 Å². The molecule has 2 aromatic carbocycles. The molecule has 0 bridgehead atoms. The Balaban J connectivity index is 1.81. The minimum Gasteiger partial charge on any atom is -0.356 e. The first-order valence-corrected chi connectivity index (χ1v) is 7.37. The van der Waals surface area contributed by atoms with Crippen LogP contribution in [0.4, 0.5) is 5.69 Å². The highest BCUT2D eigenvalue weighted by molar-refractivity contribution is 6.31. The molecule has 0 aliphatic carbocycles. The van der Waals surface area contributed by atoms with Crippen LogP contribution in [0.3, 0.4) is 0 Å². The molecular formula is C18H15ClN2O. The quantitative estimate of drug-likeness (QED) is 0.731. The maximum atomic E-state index is 12.2. The van der Waals surface area contributed by atoms with Crippen molar-refractivity contribution in [3.05, 3.63) is 88.7 Å². The Hall–Kier alpha value is -2.52. The number of hydrogen-bond acceptors (Lipinski definition) is 1. The predicted octanol–water partition coefficient (Wildman–Crippen LogP) is 4.51. The van der Waals surface area contributed by atoms with Crippen molar-refractivity contribution < 1.29 is 4.79 Å². The van der Waals surface area contributed by atoms with Crippen molar-refractivity contribution in [2.24, 2.45) is 0 Å². The molecule has 0 saturated heterocycles. The zero-order chi connectivity index (χ0) is 15.4. The third-order valence-electron chi connectivity index (χ3n) is 3.40. The van der Waals surface area contributed by atoms with Gasteiger partial charge in [-0.15, -0.1) is 0 Å². The van der Waals surface area contributed by atoms with E-state index in [0.717, 1.165) is 17.7 Å². The Morgan fingerprint density at radius 1 is 1.05 bits per heavy atom. The number of aromatic amines is 1. The summed E-state index contributed by atoms with van der Waals surface area (Å²) in [5.41, 5.74) is 3.52. The number of para-hydroxylation sites is 1. The van der Waals surface area contributed by atoms with E-state index < -0.39 is 0 Å². The molecule has 1 aromatic heterocycles. The van der Waals surface area contributed by atoms with Crippen LogP contribution in [0.15, 0.2) is 66.9 Å². The van der Waals surface area contributed by atoms with Gasteiger partial charge in [-0.2, -0.15) is 0 Å². The number of anilines is 1. The summed E-state index contributed by atoms with van der Waals surface area (Å²) >= 11 is 5.83. The number of halogens is 1. The number of hydrogen-bond donors (Lipinski definition) is 2. The Bertz CT molecular complexity index is 781. The van der Waals surface area contributed by atoms with Gasteiger partial charge in [0, 0.05) is 11.9 Å². The Morgan fingerprint density at radius 2 is 1.77 bits per heavy atom. The first-order valence-electron chi connectivity index (χ1n) is 6.99. The number of carbonyl (C=O) groups excluding carboxylic acids is 1. The summed E-state index contributed by atoms with van der Waals surface area (Å²) in [6.07, 6.45) is 2.36. The minimum absolute atomic E-state index is 0.201. The van der Waals surface area contributed by atoms with E-state index >= 15 is 0 Å². The van der Waals surface area contributed by atoms with E-state index in [9.17, 15) is 4.79 Å². The number of H-pyrrole nitrogens is 1. The van der Waals surface area contributed by atoms with E-state index in [4.69, 9.17) is 11.6 Å². The van der Waals surface area contributed by atoms with E-state index in [1.54, 1.807) is 12.3 Å². The van der Waals surface area contributed by atoms with Gasteiger partial charge in [-0.05, 0) is 29.7 Å². The number of aromatic nitrogens is 1. The molecule has 0 saturated carbocycles. The normalized spacial score (nSPS) is 10.4. The van der Waals surface area contributed by atoms with Crippen LogP contribution in [0.5, 0.6) is 0 Å². The molecule has 3 aromatic rings. The number of nitrogens with one attached hydrogen (secondary N) is 2. The molecule has 1 heterocycles. The Labute approximate surface area is 133 Å². The first-order chi connectivity index (χ1) is 10.7. The van der Waals surface area contributed by atoms with Crippen LogP contribution in [-0.2, 0) is 6.42 Å². The Morgan fingerprint density at radius 3 is 2.50 bits per heavy atom. The fraction of sp³-hybridized carbons (Fsp3) is 0.0556. The lowest BCUT2D eigenvalue weighted by atomic mass is 10.0. The van der Waals surface area contributed by atoms with Gasteiger partial charge in [-0.3, -0.25) is 4.79 Å². The van der Waals surface area contributed by atoms with Crippen molar-refractivity contribution in [1.82, 2.24) is 4.98 Å². The van der Waals surface area contributed by atoms with Crippen LogP contribution in [0.1, 0.15) is 21.6 Å². The first kappa shape index (κ1) is 14.4. The molecule has 2 N–H and O–H groups in total. The van der Waals surface area contributed by atoms with Crippen molar-refractivity contribution in [3.8, 4) is 0 Å². The number of carbonyl (C=O) groups is 1. The maximum Gasteiger partial charge on any atom is 0.272 e. The van der Waals surface area contributed by atoms with Crippen molar-refractivity contribution in [1.29, 1.82) is 0 Å². The van der Waals surface area contributed by atoms with Gasteiger partial charge < -0.3 is 10.3 Å². The second kappa shape index (κ2) is 6.50. The molecule has 22 heavy (non-hydrogen) atoms. The highest BCUT2D eigenvalue weighted by atomic mass is 35.5. The average Bonchev–Trinajstić information content (AvgIpc) is 2.97. The summed E-state index contributed by atoms with van der Waals surface area (Å²) in [5.74, 6) is -0.201. The van der Waals surface area contributed by atoms with Crippen molar-refractivity contribution >= 4 is 23.2 Å². The highest BCUT2D eigenvalue weighted by Gasteiger charge is 2.11. The summed E-state index contributed by atoms with van der Waals surface area (Å²) in [7, 11) is 0. The van der Waals surface area contributed by atoms with Crippen LogP contribution in [0.2, 0.25) is 5.02 Å². The second-order valence-corrected chi connectivity index (χ2v) is 5.44. The lowest BCUT2D eigenvalue weighted by Crippen LogP contribution is -2.13. The predicted molar refractivity (Wildman–Crippen MR) is 89.4 cm³/mol. The fourth-order valence-corrected chi connectivity index (χ4v) is 2.46. The van der Waals surface area contributed by atoms with Crippen molar-refractivity contribution in [2.45, 2.75) is 6.42 Å². The monoisotopic (exact) mass is 310 g/mol. The number of benzene rings is 2. The molecule has 3 nitrogen and oxygen atoms in total. The molecule has 0 aliphatic heterocycles. The number of rotatable bonds is 4. The zero-order valence-corrected chi connectivity index (χ0v) is 12.6. The largest absolute Gasteiger partial charge is 0.356 e. The number of amides is 1. The van der Waals surface area contributed by atoms with Crippen molar-refractivity contribution in [2.75, 3.05) is 5.32 Å². The van der Waals surface area contributed by atoms with Gasteiger partial charge in [0.1, 0.15) is 5.69 Å². The summed E-state index contributed by atoms with van der Waals surface area (Å²) < 4.78 is 0. The van der Waals surface area contributed by atoms with Gasteiger partial charge in [-0.1, -0.05) is 60.1 Å².